The van der Waals surface area contributed by atoms with E-state index in [4.69, 9.17) is 0 Å². The molecule has 0 spiro atoms. The summed E-state index contributed by atoms with van der Waals surface area (Å²) < 4.78 is 0. The Balaban J connectivity index is 1.55. The number of rotatable bonds is 6. The van der Waals surface area contributed by atoms with Crippen LogP contribution in [0.5, 0.6) is 0 Å². The number of nitrogens with one attached hydrogen (secondary N) is 1. The second kappa shape index (κ2) is 8.91. The average molecular weight is 383 g/mol. The molecule has 28 heavy (non-hydrogen) atoms. The molecule has 1 heterocycles. The van der Waals surface area contributed by atoms with Crippen LogP contribution in [-0.4, -0.2) is 47.8 Å². The van der Waals surface area contributed by atoms with Gasteiger partial charge in [0.2, 0.25) is 5.95 Å². The van der Waals surface area contributed by atoms with Gasteiger partial charge >= 0.3 is 6.09 Å². The summed E-state index contributed by atoms with van der Waals surface area (Å²) in [5.41, 5.74) is 1.87. The highest BCUT2D eigenvalue weighted by atomic mass is 16.4. The predicted molar refractivity (Wildman–Crippen MR) is 112 cm³/mol. The predicted octanol–water partition coefficient (Wildman–Crippen LogP) is 4.01. The van der Waals surface area contributed by atoms with E-state index in [2.05, 4.69) is 15.3 Å². The molecule has 1 saturated carbocycles. The molecule has 0 unspecified atom stereocenters. The molecule has 1 aromatic carbocycles. The first-order valence-electron chi connectivity index (χ1n) is 9.76. The summed E-state index contributed by atoms with van der Waals surface area (Å²) >= 11 is 0. The molecule has 1 amide bonds. The van der Waals surface area contributed by atoms with Crippen LogP contribution in [0.3, 0.4) is 0 Å². The van der Waals surface area contributed by atoms with E-state index in [1.54, 1.807) is 6.20 Å². The zero-order chi connectivity index (χ0) is 20.1. The fourth-order valence-electron chi connectivity index (χ4n) is 3.62. The Bertz CT molecular complexity index is 786. The molecule has 1 aliphatic rings. The van der Waals surface area contributed by atoms with Crippen LogP contribution in [0.2, 0.25) is 0 Å². The topological polar surface area (TPSA) is 81.6 Å². The molecule has 0 bridgehead atoms. The van der Waals surface area contributed by atoms with Gasteiger partial charge in [0.1, 0.15) is 5.82 Å². The molecule has 7 heteroatoms. The maximum atomic E-state index is 11.7. The number of aromatic nitrogens is 2. The van der Waals surface area contributed by atoms with Crippen molar-refractivity contribution < 1.29 is 9.90 Å². The average Bonchev–Trinajstić information content (AvgIpc) is 2.68. The van der Waals surface area contributed by atoms with Crippen LogP contribution in [0, 0.1) is 12.8 Å². The van der Waals surface area contributed by atoms with E-state index in [1.165, 1.54) is 4.90 Å². The third kappa shape index (κ3) is 5.12. The zero-order valence-electron chi connectivity index (χ0n) is 16.8. The number of hydrogen-bond acceptors (Lipinski definition) is 5. The first-order chi connectivity index (χ1) is 13.4. The molecule has 0 atom stereocenters. The monoisotopic (exact) mass is 383 g/mol. The Morgan fingerprint density at radius 3 is 2.43 bits per heavy atom. The highest BCUT2D eigenvalue weighted by molar-refractivity contribution is 5.86. The number of aryl methyl sites for hydroxylation is 1. The van der Waals surface area contributed by atoms with Crippen molar-refractivity contribution in [2.45, 2.75) is 38.6 Å². The highest BCUT2D eigenvalue weighted by Crippen LogP contribution is 2.28. The first-order valence-corrected chi connectivity index (χ1v) is 9.76. The first kappa shape index (κ1) is 19.9. The van der Waals surface area contributed by atoms with Crippen LogP contribution in [0.4, 0.5) is 22.2 Å². The number of amides is 1. The molecule has 2 aromatic rings. The summed E-state index contributed by atoms with van der Waals surface area (Å²) in [6, 6.07) is 9.87. The zero-order valence-corrected chi connectivity index (χ0v) is 16.8. The summed E-state index contributed by atoms with van der Waals surface area (Å²) in [5, 5.41) is 13.1. The van der Waals surface area contributed by atoms with Crippen molar-refractivity contribution in [1.29, 1.82) is 0 Å². The smallest absolute Gasteiger partial charge is 0.411 e. The lowest BCUT2D eigenvalue weighted by Crippen LogP contribution is -2.37. The van der Waals surface area contributed by atoms with Crippen LogP contribution < -0.4 is 15.1 Å². The van der Waals surface area contributed by atoms with Crippen molar-refractivity contribution in [3.05, 3.63) is 42.1 Å². The van der Waals surface area contributed by atoms with Crippen molar-refractivity contribution in [3.8, 4) is 0 Å². The van der Waals surface area contributed by atoms with Gasteiger partial charge < -0.3 is 15.3 Å². The lowest BCUT2D eigenvalue weighted by Gasteiger charge is -2.32. The van der Waals surface area contributed by atoms with Crippen LogP contribution in [0.25, 0.3) is 0 Å². The molecular weight excluding hydrogens is 354 g/mol. The van der Waals surface area contributed by atoms with E-state index in [0.29, 0.717) is 24.5 Å². The number of anilines is 3. The summed E-state index contributed by atoms with van der Waals surface area (Å²) in [4.78, 5) is 24.0. The minimum absolute atomic E-state index is 0.325. The Kier molecular flexibility index (Phi) is 6.34. The highest BCUT2D eigenvalue weighted by Gasteiger charge is 2.26. The van der Waals surface area contributed by atoms with Crippen LogP contribution >= 0.6 is 0 Å². The minimum Gasteiger partial charge on any atom is -0.465 e. The van der Waals surface area contributed by atoms with E-state index in [1.807, 2.05) is 56.3 Å². The van der Waals surface area contributed by atoms with Crippen LogP contribution in [-0.2, 0) is 0 Å². The molecule has 150 valence electrons. The Hall–Kier alpha value is -2.83. The van der Waals surface area contributed by atoms with Gasteiger partial charge in [-0.3, -0.25) is 4.90 Å². The largest absolute Gasteiger partial charge is 0.465 e. The SMILES string of the molecule is Cc1ccc(N(C[C@H]2CC[C@@H](Nc3nccc(N(C)C)n3)CC2)C(=O)O)cc1. The fourth-order valence-corrected chi connectivity index (χ4v) is 3.62. The number of carboxylic acid groups (broad SMARTS) is 1. The van der Waals surface area contributed by atoms with Crippen molar-refractivity contribution >= 4 is 23.5 Å². The van der Waals surface area contributed by atoms with Gasteiger partial charge in [-0.05, 0) is 56.7 Å². The number of carbonyl (C=O) groups is 1. The van der Waals surface area contributed by atoms with Gasteiger partial charge in [0.05, 0.1) is 0 Å². The van der Waals surface area contributed by atoms with Crippen molar-refractivity contribution in [2.24, 2.45) is 5.92 Å². The minimum atomic E-state index is -0.891. The number of hydrogen-bond donors (Lipinski definition) is 2. The quantitative estimate of drug-likeness (QED) is 0.784. The second-order valence-electron chi connectivity index (χ2n) is 7.72. The molecule has 2 N–H and O–H groups in total. The molecule has 1 fully saturated rings. The van der Waals surface area contributed by atoms with Crippen molar-refractivity contribution in [2.75, 3.05) is 35.8 Å². The van der Waals surface area contributed by atoms with E-state index >= 15 is 0 Å². The maximum Gasteiger partial charge on any atom is 0.411 e. The number of benzene rings is 1. The summed E-state index contributed by atoms with van der Waals surface area (Å²) in [7, 11) is 3.92. The van der Waals surface area contributed by atoms with E-state index in [0.717, 1.165) is 42.8 Å². The van der Waals surface area contributed by atoms with Gasteiger partial charge in [-0.2, -0.15) is 4.98 Å². The molecule has 7 nitrogen and oxygen atoms in total. The molecule has 3 rings (SSSR count). The maximum absolute atomic E-state index is 11.7. The third-order valence-electron chi connectivity index (χ3n) is 5.30. The van der Waals surface area contributed by atoms with Crippen LogP contribution in [0.1, 0.15) is 31.2 Å². The molecule has 0 radical (unpaired) electrons. The molecule has 0 saturated heterocycles. The molecule has 0 aliphatic heterocycles. The van der Waals surface area contributed by atoms with E-state index in [-0.39, 0.29) is 0 Å². The summed E-state index contributed by atoms with van der Waals surface area (Å²) in [5.74, 6) is 1.90. The van der Waals surface area contributed by atoms with Gasteiger partial charge in [0, 0.05) is 38.6 Å². The normalized spacial score (nSPS) is 19.1. The van der Waals surface area contributed by atoms with Gasteiger partial charge in [-0.15, -0.1) is 0 Å². The molecule has 1 aliphatic carbocycles. The molecular formula is C21H29N5O2. The molecule has 1 aromatic heterocycles. The second-order valence-corrected chi connectivity index (χ2v) is 7.72. The lowest BCUT2D eigenvalue weighted by atomic mass is 9.85. The van der Waals surface area contributed by atoms with Crippen LogP contribution in [0.15, 0.2) is 36.5 Å². The standard InChI is InChI=1S/C21H29N5O2/c1-15-4-10-18(11-5-15)26(21(27)28)14-16-6-8-17(9-7-16)23-20-22-13-12-19(24-20)25(2)3/h4-5,10-13,16-17H,6-9,14H2,1-3H3,(H,27,28)(H,22,23,24)/t16-,17+. The van der Waals surface area contributed by atoms with E-state index in [9.17, 15) is 9.90 Å². The summed E-state index contributed by atoms with van der Waals surface area (Å²) in [6.07, 6.45) is 4.82. The fraction of sp³-hybridized carbons (Fsp3) is 0.476. The van der Waals surface area contributed by atoms with Crippen molar-refractivity contribution in [1.82, 2.24) is 9.97 Å². The summed E-state index contributed by atoms with van der Waals surface area (Å²) in [6.45, 7) is 2.54. The lowest BCUT2D eigenvalue weighted by molar-refractivity contribution is 0.199. The van der Waals surface area contributed by atoms with Gasteiger partial charge in [0.15, 0.2) is 0 Å². The Morgan fingerprint density at radius 1 is 1.14 bits per heavy atom. The Labute approximate surface area is 166 Å². The Morgan fingerprint density at radius 2 is 1.82 bits per heavy atom. The van der Waals surface area contributed by atoms with Gasteiger partial charge in [0.25, 0.3) is 0 Å². The van der Waals surface area contributed by atoms with Crippen molar-refractivity contribution in [3.63, 3.8) is 0 Å². The van der Waals surface area contributed by atoms with Gasteiger partial charge in [-0.25, -0.2) is 9.78 Å². The number of nitrogens with zero attached hydrogens (tertiary/aromatic N) is 4. The van der Waals surface area contributed by atoms with E-state index < -0.39 is 6.09 Å². The van der Waals surface area contributed by atoms with Gasteiger partial charge in [-0.1, -0.05) is 17.7 Å². The third-order valence-corrected chi connectivity index (χ3v) is 5.30.